The second kappa shape index (κ2) is 7.86. The molecule has 0 aliphatic heterocycles. The second-order valence-corrected chi connectivity index (χ2v) is 8.31. The van der Waals surface area contributed by atoms with Gasteiger partial charge in [0.1, 0.15) is 0 Å². The highest BCUT2D eigenvalue weighted by atomic mass is 79.9. The van der Waals surface area contributed by atoms with Crippen LogP contribution in [0.15, 0.2) is 57.9 Å². The predicted octanol–water partition coefficient (Wildman–Crippen LogP) is 4.56. The summed E-state index contributed by atoms with van der Waals surface area (Å²) in [6.45, 7) is 0.475. The van der Waals surface area contributed by atoms with Crippen LogP contribution in [0, 0.1) is 0 Å². The number of nitrogens with zero attached hydrogens (tertiary/aromatic N) is 3. The van der Waals surface area contributed by atoms with Gasteiger partial charge < -0.3 is 5.32 Å². The van der Waals surface area contributed by atoms with Gasteiger partial charge in [-0.1, -0.05) is 33.3 Å². The fourth-order valence-electron chi connectivity index (χ4n) is 2.96. The van der Waals surface area contributed by atoms with Gasteiger partial charge in [-0.3, -0.25) is 4.79 Å². The number of nitrogens with one attached hydrogen (secondary N) is 1. The van der Waals surface area contributed by atoms with Crippen molar-refractivity contribution < 1.29 is 4.79 Å². The Balaban J connectivity index is 1.54. The zero-order valence-corrected chi connectivity index (χ0v) is 17.3. The Morgan fingerprint density at radius 1 is 1.19 bits per heavy atom. The number of carbonyl (C=O) groups excluding carboxylic acids is 1. The Bertz CT molecular complexity index is 949. The third-order valence-electron chi connectivity index (χ3n) is 4.57. The fraction of sp³-hybridized carbons (Fsp3) is 0.250. The third kappa shape index (κ3) is 4.09. The summed E-state index contributed by atoms with van der Waals surface area (Å²) in [5.74, 6) is 0.180. The third-order valence-corrected chi connectivity index (χ3v) is 5.84. The van der Waals surface area contributed by atoms with E-state index < -0.39 is 0 Å². The lowest BCUT2D eigenvalue weighted by Crippen LogP contribution is -2.24. The molecule has 4 rings (SSSR count). The average Bonchev–Trinajstić information content (AvgIpc) is 3.45. The molecule has 5 nitrogen and oxygen atoms in total. The van der Waals surface area contributed by atoms with Crippen molar-refractivity contribution in [2.45, 2.75) is 30.2 Å². The number of aromatic nitrogens is 3. The summed E-state index contributed by atoms with van der Waals surface area (Å²) in [6.07, 6.45) is 4.19. The molecular weight excluding hydrogens is 424 g/mol. The van der Waals surface area contributed by atoms with Crippen LogP contribution in [0.4, 0.5) is 0 Å². The predicted molar refractivity (Wildman–Crippen MR) is 110 cm³/mol. The van der Waals surface area contributed by atoms with Crippen LogP contribution in [-0.2, 0) is 6.54 Å². The SMILES string of the molecule is CSc1ccc(CNC(=O)c2nnn(-c3ccc(Br)cc3)c2C2CC2)cc1. The van der Waals surface area contributed by atoms with Gasteiger partial charge in [-0.05, 0) is 61.1 Å². The van der Waals surface area contributed by atoms with Crippen LogP contribution in [0.25, 0.3) is 5.69 Å². The Hall–Kier alpha value is -2.12. The molecule has 0 saturated heterocycles. The summed E-state index contributed by atoms with van der Waals surface area (Å²) in [4.78, 5) is 14.0. The molecule has 0 spiro atoms. The van der Waals surface area contributed by atoms with Gasteiger partial charge in [-0.2, -0.15) is 0 Å². The van der Waals surface area contributed by atoms with Crippen molar-refractivity contribution in [2.24, 2.45) is 0 Å². The molecule has 1 N–H and O–H groups in total. The monoisotopic (exact) mass is 442 g/mol. The zero-order chi connectivity index (χ0) is 18.8. The van der Waals surface area contributed by atoms with Crippen molar-refractivity contribution in [3.05, 3.63) is 70.0 Å². The number of benzene rings is 2. The van der Waals surface area contributed by atoms with E-state index in [1.165, 1.54) is 4.90 Å². The molecule has 1 heterocycles. The first-order valence-corrected chi connectivity index (χ1v) is 10.8. The molecule has 0 radical (unpaired) electrons. The van der Waals surface area contributed by atoms with E-state index in [1.807, 2.05) is 42.7 Å². The minimum Gasteiger partial charge on any atom is -0.347 e. The second-order valence-electron chi connectivity index (χ2n) is 6.52. The summed E-state index contributed by atoms with van der Waals surface area (Å²) < 4.78 is 2.80. The molecule has 7 heteroatoms. The molecular formula is C20H19BrN4OS. The van der Waals surface area contributed by atoms with Gasteiger partial charge in [0.25, 0.3) is 5.91 Å². The van der Waals surface area contributed by atoms with Gasteiger partial charge in [0.2, 0.25) is 0 Å². The largest absolute Gasteiger partial charge is 0.347 e. The summed E-state index contributed by atoms with van der Waals surface area (Å²) in [5.41, 5.74) is 3.32. The lowest BCUT2D eigenvalue weighted by molar-refractivity contribution is 0.0944. The molecule has 1 aromatic heterocycles. The van der Waals surface area contributed by atoms with Gasteiger partial charge in [-0.25, -0.2) is 4.68 Å². The van der Waals surface area contributed by atoms with Crippen molar-refractivity contribution in [3.8, 4) is 5.69 Å². The van der Waals surface area contributed by atoms with Crippen molar-refractivity contribution in [1.29, 1.82) is 0 Å². The molecule has 1 aliphatic carbocycles. The molecule has 1 amide bonds. The van der Waals surface area contributed by atoms with E-state index in [2.05, 4.69) is 43.7 Å². The number of halogens is 1. The van der Waals surface area contributed by atoms with Crippen LogP contribution in [-0.4, -0.2) is 27.2 Å². The minimum absolute atomic E-state index is 0.172. The standard InChI is InChI=1S/C20H19BrN4OS/c1-27-17-10-2-13(3-11-17)12-22-20(26)18-19(14-4-5-14)25(24-23-18)16-8-6-15(21)7-9-16/h2-3,6-11,14H,4-5,12H2,1H3,(H,22,26). The number of thioether (sulfide) groups is 1. The lowest BCUT2D eigenvalue weighted by Gasteiger charge is -2.08. The first-order valence-electron chi connectivity index (χ1n) is 8.78. The fourth-order valence-corrected chi connectivity index (χ4v) is 3.63. The molecule has 0 bridgehead atoms. The van der Waals surface area contributed by atoms with Crippen LogP contribution in [0.5, 0.6) is 0 Å². The molecule has 0 atom stereocenters. The Kier molecular flexibility index (Phi) is 5.31. The van der Waals surface area contributed by atoms with E-state index >= 15 is 0 Å². The maximum absolute atomic E-state index is 12.8. The highest BCUT2D eigenvalue weighted by molar-refractivity contribution is 9.10. The van der Waals surface area contributed by atoms with Crippen LogP contribution < -0.4 is 5.32 Å². The molecule has 1 aliphatic rings. The average molecular weight is 443 g/mol. The summed E-state index contributed by atoms with van der Waals surface area (Å²) in [6, 6.07) is 16.1. The lowest BCUT2D eigenvalue weighted by atomic mass is 10.2. The van der Waals surface area contributed by atoms with Gasteiger partial charge in [-0.15, -0.1) is 16.9 Å². The number of hydrogen-bond acceptors (Lipinski definition) is 4. The maximum atomic E-state index is 12.8. The molecule has 1 saturated carbocycles. The smallest absolute Gasteiger partial charge is 0.274 e. The molecule has 1 fully saturated rings. The zero-order valence-electron chi connectivity index (χ0n) is 14.9. The number of rotatable bonds is 6. The number of amides is 1. The van der Waals surface area contributed by atoms with E-state index in [4.69, 9.17) is 0 Å². The minimum atomic E-state index is -0.172. The highest BCUT2D eigenvalue weighted by Crippen LogP contribution is 2.42. The highest BCUT2D eigenvalue weighted by Gasteiger charge is 2.34. The molecule has 138 valence electrons. The summed E-state index contributed by atoms with van der Waals surface area (Å²) in [5, 5.41) is 11.4. The van der Waals surface area contributed by atoms with Crippen LogP contribution in [0.3, 0.4) is 0 Å². The van der Waals surface area contributed by atoms with Gasteiger partial charge >= 0.3 is 0 Å². The first-order chi connectivity index (χ1) is 13.2. The van der Waals surface area contributed by atoms with E-state index in [-0.39, 0.29) is 5.91 Å². The molecule has 27 heavy (non-hydrogen) atoms. The van der Waals surface area contributed by atoms with E-state index in [0.717, 1.165) is 34.3 Å². The first kappa shape index (κ1) is 18.3. The quantitative estimate of drug-likeness (QED) is 0.568. The van der Waals surface area contributed by atoms with Gasteiger partial charge in [0.15, 0.2) is 5.69 Å². The van der Waals surface area contributed by atoms with E-state index in [9.17, 15) is 4.79 Å². The van der Waals surface area contributed by atoms with Crippen LogP contribution >= 0.6 is 27.7 Å². The van der Waals surface area contributed by atoms with Crippen molar-refractivity contribution in [1.82, 2.24) is 20.3 Å². The number of carbonyl (C=O) groups is 1. The molecule has 2 aromatic carbocycles. The molecule has 0 unspecified atom stereocenters. The number of hydrogen-bond donors (Lipinski definition) is 1. The summed E-state index contributed by atoms with van der Waals surface area (Å²) in [7, 11) is 0. The van der Waals surface area contributed by atoms with Crippen molar-refractivity contribution in [2.75, 3.05) is 6.26 Å². The van der Waals surface area contributed by atoms with Crippen LogP contribution in [0.2, 0.25) is 0 Å². The maximum Gasteiger partial charge on any atom is 0.274 e. The Morgan fingerprint density at radius 2 is 1.89 bits per heavy atom. The van der Waals surface area contributed by atoms with Gasteiger partial charge in [0.05, 0.1) is 11.4 Å². The summed E-state index contributed by atoms with van der Waals surface area (Å²) >= 11 is 5.15. The van der Waals surface area contributed by atoms with Gasteiger partial charge in [0, 0.05) is 21.8 Å². The normalized spacial score (nSPS) is 13.6. The van der Waals surface area contributed by atoms with Crippen molar-refractivity contribution >= 4 is 33.6 Å². The van der Waals surface area contributed by atoms with Crippen molar-refractivity contribution in [3.63, 3.8) is 0 Å². The van der Waals surface area contributed by atoms with Crippen LogP contribution in [0.1, 0.15) is 40.5 Å². The topological polar surface area (TPSA) is 59.8 Å². The molecule has 3 aromatic rings. The van der Waals surface area contributed by atoms with E-state index in [0.29, 0.717) is 18.2 Å². The Morgan fingerprint density at radius 3 is 2.52 bits per heavy atom. The van der Waals surface area contributed by atoms with E-state index in [1.54, 1.807) is 16.4 Å². The Labute approximate surface area is 170 Å².